The number of nitrogens with zero attached hydrogens (tertiary/aromatic N) is 6. The molecule has 0 aliphatic carbocycles. The number of aromatic nitrogens is 6. The molecule has 5 rings (SSSR count). The molecule has 27 heavy (non-hydrogen) atoms. The molecule has 1 unspecified atom stereocenters. The Balaban J connectivity index is 1.66. The summed E-state index contributed by atoms with van der Waals surface area (Å²) in [6.07, 6.45) is 6.57. The van der Waals surface area contributed by atoms with E-state index in [2.05, 4.69) is 15.3 Å². The zero-order valence-corrected chi connectivity index (χ0v) is 15.4. The van der Waals surface area contributed by atoms with Gasteiger partial charge in [0.1, 0.15) is 6.33 Å². The van der Waals surface area contributed by atoms with Crippen molar-refractivity contribution in [3.63, 3.8) is 0 Å². The molecule has 1 fully saturated rings. The summed E-state index contributed by atoms with van der Waals surface area (Å²) in [5.74, 6) is 0.544. The standard InChI is InChI=1S/C18H17ClN6O2/c1-23-17-16(25-9-11(21-22-25)8-12-4-3-7-27-12)20-10-24(17)14-6-2-5-13(19)15(14)18(23)26/h2,5-6,9-10,12H,3-4,7-8H2,1H3. The Morgan fingerprint density at radius 1 is 1.37 bits per heavy atom. The van der Waals surface area contributed by atoms with Gasteiger partial charge in [0.15, 0.2) is 11.5 Å². The first-order chi connectivity index (χ1) is 13.1. The van der Waals surface area contributed by atoms with E-state index >= 15 is 0 Å². The minimum atomic E-state index is -0.176. The molecule has 0 spiro atoms. The molecular formula is C18H17ClN6O2. The van der Waals surface area contributed by atoms with Crippen molar-refractivity contribution in [3.05, 3.63) is 51.8 Å². The molecule has 1 aliphatic rings. The lowest BCUT2D eigenvalue weighted by Gasteiger charge is -2.09. The van der Waals surface area contributed by atoms with Gasteiger partial charge in [0.25, 0.3) is 5.56 Å². The SMILES string of the molecule is Cn1c(=O)c2c(Cl)cccc2n2cnc(-n3cc(CC4CCCO4)nn3)c12. The fourth-order valence-corrected chi connectivity index (χ4v) is 3.96. The van der Waals surface area contributed by atoms with Crippen LogP contribution in [0.2, 0.25) is 5.02 Å². The first-order valence-corrected chi connectivity index (χ1v) is 9.19. The largest absolute Gasteiger partial charge is 0.378 e. The zero-order chi connectivity index (χ0) is 18.5. The van der Waals surface area contributed by atoms with E-state index in [1.165, 1.54) is 4.57 Å². The Labute approximate surface area is 158 Å². The van der Waals surface area contributed by atoms with Gasteiger partial charge in [0, 0.05) is 20.1 Å². The molecule has 4 aromatic rings. The predicted molar refractivity (Wildman–Crippen MR) is 101 cm³/mol. The number of benzene rings is 1. The molecule has 0 N–H and O–H groups in total. The van der Waals surface area contributed by atoms with Crippen molar-refractivity contribution in [2.75, 3.05) is 6.61 Å². The van der Waals surface area contributed by atoms with Gasteiger partial charge in [-0.25, -0.2) is 4.98 Å². The van der Waals surface area contributed by atoms with Crippen molar-refractivity contribution in [2.24, 2.45) is 7.05 Å². The van der Waals surface area contributed by atoms with E-state index in [9.17, 15) is 4.79 Å². The summed E-state index contributed by atoms with van der Waals surface area (Å²) in [5, 5.41) is 9.35. The number of imidazole rings is 1. The summed E-state index contributed by atoms with van der Waals surface area (Å²) in [5.41, 5.74) is 2.00. The summed E-state index contributed by atoms with van der Waals surface area (Å²) in [7, 11) is 1.70. The van der Waals surface area contributed by atoms with Crippen LogP contribution in [0.25, 0.3) is 22.4 Å². The Hall–Kier alpha value is -2.71. The number of hydrogen-bond donors (Lipinski definition) is 0. The molecule has 138 valence electrons. The predicted octanol–water partition coefficient (Wildman–Crippen LogP) is 2.14. The van der Waals surface area contributed by atoms with Crippen molar-refractivity contribution in [1.29, 1.82) is 0 Å². The van der Waals surface area contributed by atoms with Crippen LogP contribution in [0.4, 0.5) is 0 Å². The van der Waals surface area contributed by atoms with E-state index < -0.39 is 0 Å². The van der Waals surface area contributed by atoms with Gasteiger partial charge in [-0.05, 0) is 25.0 Å². The molecular weight excluding hydrogens is 368 g/mol. The number of fused-ring (bicyclic) bond motifs is 3. The van der Waals surface area contributed by atoms with Crippen LogP contribution in [0.15, 0.2) is 35.5 Å². The quantitative estimate of drug-likeness (QED) is 0.540. The van der Waals surface area contributed by atoms with Crippen LogP contribution in [-0.2, 0) is 18.2 Å². The first-order valence-electron chi connectivity index (χ1n) is 8.81. The van der Waals surface area contributed by atoms with Crippen molar-refractivity contribution < 1.29 is 4.74 Å². The molecule has 1 aliphatic heterocycles. The van der Waals surface area contributed by atoms with Gasteiger partial charge < -0.3 is 4.74 Å². The Kier molecular flexibility index (Phi) is 3.76. The van der Waals surface area contributed by atoms with Crippen molar-refractivity contribution in [2.45, 2.75) is 25.4 Å². The first kappa shape index (κ1) is 16.5. The number of ether oxygens (including phenoxy) is 1. The summed E-state index contributed by atoms with van der Waals surface area (Å²) >= 11 is 6.26. The maximum Gasteiger partial charge on any atom is 0.262 e. The Bertz CT molecular complexity index is 1220. The van der Waals surface area contributed by atoms with Crippen molar-refractivity contribution in [1.82, 2.24) is 28.9 Å². The minimum absolute atomic E-state index is 0.176. The monoisotopic (exact) mass is 384 g/mol. The lowest BCUT2D eigenvalue weighted by molar-refractivity contribution is 0.110. The van der Waals surface area contributed by atoms with E-state index in [0.29, 0.717) is 27.4 Å². The highest BCUT2D eigenvalue weighted by atomic mass is 35.5. The van der Waals surface area contributed by atoms with Crippen LogP contribution >= 0.6 is 11.6 Å². The van der Waals surface area contributed by atoms with E-state index in [1.807, 2.05) is 22.7 Å². The molecule has 9 heteroatoms. The third-order valence-electron chi connectivity index (χ3n) is 5.03. The normalized spacial score (nSPS) is 17.3. The summed E-state index contributed by atoms with van der Waals surface area (Å²) in [4.78, 5) is 17.3. The molecule has 3 aromatic heterocycles. The summed E-state index contributed by atoms with van der Waals surface area (Å²) < 4.78 is 10.7. The van der Waals surface area contributed by atoms with Gasteiger partial charge in [0.2, 0.25) is 0 Å². The molecule has 1 aromatic carbocycles. The van der Waals surface area contributed by atoms with Crippen molar-refractivity contribution >= 4 is 28.2 Å². The highest BCUT2D eigenvalue weighted by Gasteiger charge is 2.20. The lowest BCUT2D eigenvalue weighted by Crippen LogP contribution is -2.20. The second-order valence-corrected chi connectivity index (χ2v) is 7.16. The van der Waals surface area contributed by atoms with E-state index in [-0.39, 0.29) is 11.7 Å². The van der Waals surface area contributed by atoms with Crippen LogP contribution in [0.5, 0.6) is 0 Å². The van der Waals surface area contributed by atoms with Crippen LogP contribution in [-0.4, -0.2) is 41.7 Å². The molecule has 0 radical (unpaired) electrons. The van der Waals surface area contributed by atoms with Crippen LogP contribution < -0.4 is 5.56 Å². The number of rotatable bonds is 3. The van der Waals surface area contributed by atoms with Gasteiger partial charge >= 0.3 is 0 Å². The molecule has 0 bridgehead atoms. The maximum atomic E-state index is 12.9. The minimum Gasteiger partial charge on any atom is -0.378 e. The number of aryl methyl sites for hydroxylation is 1. The highest BCUT2D eigenvalue weighted by Crippen LogP contribution is 2.23. The van der Waals surface area contributed by atoms with Crippen molar-refractivity contribution in [3.8, 4) is 5.82 Å². The van der Waals surface area contributed by atoms with E-state index in [0.717, 1.165) is 31.6 Å². The lowest BCUT2D eigenvalue weighted by atomic mass is 10.1. The Morgan fingerprint density at radius 3 is 3.07 bits per heavy atom. The molecule has 1 saturated heterocycles. The van der Waals surface area contributed by atoms with Crippen LogP contribution in [0, 0.1) is 0 Å². The summed E-state index contributed by atoms with van der Waals surface area (Å²) in [6.45, 7) is 0.808. The average molecular weight is 385 g/mol. The molecule has 1 atom stereocenters. The van der Waals surface area contributed by atoms with Gasteiger partial charge in [-0.15, -0.1) is 5.10 Å². The molecule has 0 saturated carbocycles. The zero-order valence-electron chi connectivity index (χ0n) is 14.7. The van der Waals surface area contributed by atoms with Crippen LogP contribution in [0.3, 0.4) is 0 Å². The highest BCUT2D eigenvalue weighted by molar-refractivity contribution is 6.35. The molecule has 8 nitrogen and oxygen atoms in total. The second kappa shape index (κ2) is 6.17. The number of halogens is 1. The smallest absolute Gasteiger partial charge is 0.262 e. The topological polar surface area (TPSA) is 79.2 Å². The van der Waals surface area contributed by atoms with E-state index in [1.54, 1.807) is 24.1 Å². The van der Waals surface area contributed by atoms with Gasteiger partial charge in [-0.1, -0.05) is 22.9 Å². The van der Waals surface area contributed by atoms with Gasteiger partial charge in [-0.3, -0.25) is 13.8 Å². The van der Waals surface area contributed by atoms with Gasteiger partial charge in [0.05, 0.1) is 33.9 Å². The molecule has 4 heterocycles. The third-order valence-corrected chi connectivity index (χ3v) is 5.34. The second-order valence-electron chi connectivity index (χ2n) is 6.75. The third kappa shape index (κ3) is 2.55. The Morgan fingerprint density at radius 2 is 2.26 bits per heavy atom. The van der Waals surface area contributed by atoms with E-state index in [4.69, 9.17) is 16.3 Å². The summed E-state index contributed by atoms with van der Waals surface area (Å²) in [6, 6.07) is 5.38. The average Bonchev–Trinajstić information content (AvgIpc) is 3.40. The fraction of sp³-hybridized carbons (Fsp3) is 0.333. The van der Waals surface area contributed by atoms with Crippen LogP contribution in [0.1, 0.15) is 18.5 Å². The van der Waals surface area contributed by atoms with Gasteiger partial charge in [-0.2, -0.15) is 4.68 Å². The molecule has 0 amide bonds. The maximum absolute atomic E-state index is 12.9. The number of hydrogen-bond acceptors (Lipinski definition) is 5. The fourth-order valence-electron chi connectivity index (χ4n) is 3.71.